The van der Waals surface area contributed by atoms with Gasteiger partial charge >= 0.3 is 0 Å². The van der Waals surface area contributed by atoms with E-state index in [1.807, 2.05) is 61.5 Å². The van der Waals surface area contributed by atoms with Crippen LogP contribution in [-0.2, 0) is 6.54 Å². The second kappa shape index (κ2) is 7.26. The average molecular weight is 337 g/mol. The van der Waals surface area contributed by atoms with Gasteiger partial charge in [0.1, 0.15) is 11.6 Å². The van der Waals surface area contributed by atoms with Gasteiger partial charge in [-0.25, -0.2) is 8.78 Å². The molecule has 0 heterocycles. The molecule has 2 nitrogen and oxygen atoms in total. The predicted octanol–water partition coefficient (Wildman–Crippen LogP) is 5.12. The Morgan fingerprint density at radius 2 is 1.60 bits per heavy atom. The lowest BCUT2D eigenvalue weighted by molar-refractivity contribution is 0.0981. The second-order valence-electron chi connectivity index (χ2n) is 5.84. The fourth-order valence-corrected chi connectivity index (χ4v) is 2.58. The molecule has 126 valence electrons. The van der Waals surface area contributed by atoms with E-state index in [0.29, 0.717) is 12.2 Å². The van der Waals surface area contributed by atoms with Gasteiger partial charge in [0.05, 0.1) is 12.1 Å². The van der Waals surface area contributed by atoms with Gasteiger partial charge in [-0.1, -0.05) is 48.0 Å². The third kappa shape index (κ3) is 3.91. The van der Waals surface area contributed by atoms with Gasteiger partial charge < -0.3 is 4.90 Å². The average Bonchev–Trinajstić information content (AvgIpc) is 2.61. The number of aryl methyl sites for hydroxylation is 1. The molecular weight excluding hydrogens is 320 g/mol. The van der Waals surface area contributed by atoms with Crippen molar-refractivity contribution in [1.82, 2.24) is 0 Å². The van der Waals surface area contributed by atoms with Gasteiger partial charge in [0.15, 0.2) is 0 Å². The Morgan fingerprint density at radius 1 is 0.920 bits per heavy atom. The Labute approximate surface area is 145 Å². The maximum atomic E-state index is 14.1. The van der Waals surface area contributed by atoms with Crippen molar-refractivity contribution in [1.29, 1.82) is 0 Å². The maximum Gasteiger partial charge on any atom is 0.261 e. The molecule has 0 aromatic heterocycles. The largest absolute Gasteiger partial charge is 0.304 e. The Balaban J connectivity index is 2.00. The molecular formula is C21H17F2NO. The summed E-state index contributed by atoms with van der Waals surface area (Å²) in [6, 6.07) is 19.9. The molecule has 0 unspecified atom stereocenters. The van der Waals surface area contributed by atoms with Crippen LogP contribution in [0.4, 0.5) is 14.5 Å². The van der Waals surface area contributed by atoms with Crippen molar-refractivity contribution in [2.75, 3.05) is 4.90 Å². The minimum absolute atomic E-state index is 0.155. The van der Waals surface area contributed by atoms with Crippen molar-refractivity contribution in [2.45, 2.75) is 13.5 Å². The van der Waals surface area contributed by atoms with Crippen LogP contribution in [0.2, 0.25) is 0 Å². The summed E-state index contributed by atoms with van der Waals surface area (Å²) in [5.41, 5.74) is 2.48. The van der Waals surface area contributed by atoms with Crippen molar-refractivity contribution in [3.63, 3.8) is 0 Å². The van der Waals surface area contributed by atoms with Crippen LogP contribution in [0, 0.1) is 18.6 Å². The number of rotatable bonds is 4. The number of anilines is 1. The van der Waals surface area contributed by atoms with E-state index >= 15 is 0 Å². The highest BCUT2D eigenvalue weighted by molar-refractivity contribution is 6.06. The summed E-state index contributed by atoms with van der Waals surface area (Å²) in [7, 11) is 0. The molecule has 3 aromatic carbocycles. The molecule has 0 aliphatic rings. The molecule has 4 heteroatoms. The van der Waals surface area contributed by atoms with Crippen LogP contribution in [0.3, 0.4) is 0 Å². The first kappa shape index (κ1) is 16.8. The Bertz CT molecular complexity index is 876. The van der Waals surface area contributed by atoms with E-state index in [4.69, 9.17) is 0 Å². The fraction of sp³-hybridized carbons (Fsp3) is 0.0952. The molecule has 3 rings (SSSR count). The zero-order chi connectivity index (χ0) is 17.8. The number of benzene rings is 3. The minimum atomic E-state index is -0.866. The van der Waals surface area contributed by atoms with Gasteiger partial charge in [-0.05, 0) is 36.8 Å². The van der Waals surface area contributed by atoms with E-state index in [-0.39, 0.29) is 5.56 Å². The molecule has 0 atom stereocenters. The predicted molar refractivity (Wildman–Crippen MR) is 94.5 cm³/mol. The summed E-state index contributed by atoms with van der Waals surface area (Å²) in [6.07, 6.45) is 0. The smallest absolute Gasteiger partial charge is 0.261 e. The van der Waals surface area contributed by atoms with Gasteiger partial charge in [-0.3, -0.25) is 4.79 Å². The zero-order valence-corrected chi connectivity index (χ0v) is 13.7. The number of hydrogen-bond acceptors (Lipinski definition) is 1. The standard InChI is InChI=1S/C21H17F2NO/c1-15-7-10-18(11-8-15)24(14-16-5-3-2-4-6-16)21(25)19-12-9-17(22)13-20(19)23/h2-13H,14H2,1H3. The number of hydrogen-bond donors (Lipinski definition) is 0. The molecule has 0 spiro atoms. The van der Waals surface area contributed by atoms with E-state index in [1.54, 1.807) is 0 Å². The van der Waals surface area contributed by atoms with Crippen molar-refractivity contribution < 1.29 is 13.6 Å². The third-order valence-electron chi connectivity index (χ3n) is 3.94. The van der Waals surface area contributed by atoms with Crippen LogP contribution < -0.4 is 4.90 Å². The second-order valence-corrected chi connectivity index (χ2v) is 5.84. The molecule has 0 saturated carbocycles. The quantitative estimate of drug-likeness (QED) is 0.647. The van der Waals surface area contributed by atoms with Crippen molar-refractivity contribution in [3.05, 3.63) is 101 Å². The lowest BCUT2D eigenvalue weighted by atomic mass is 10.1. The summed E-state index contributed by atoms with van der Waals surface area (Å²) in [5.74, 6) is -2.08. The Hall–Kier alpha value is -3.01. The highest BCUT2D eigenvalue weighted by atomic mass is 19.1. The molecule has 0 aliphatic carbocycles. The summed E-state index contributed by atoms with van der Waals surface area (Å²) in [4.78, 5) is 14.4. The lowest BCUT2D eigenvalue weighted by Gasteiger charge is -2.23. The van der Waals surface area contributed by atoms with Crippen LogP contribution in [0.5, 0.6) is 0 Å². The van der Waals surface area contributed by atoms with Crippen molar-refractivity contribution >= 4 is 11.6 Å². The number of carbonyl (C=O) groups is 1. The first-order chi connectivity index (χ1) is 12.0. The molecule has 25 heavy (non-hydrogen) atoms. The Kier molecular flexibility index (Phi) is 4.89. The Morgan fingerprint density at radius 3 is 2.24 bits per heavy atom. The van der Waals surface area contributed by atoms with E-state index < -0.39 is 17.5 Å². The van der Waals surface area contributed by atoms with Crippen LogP contribution in [0.25, 0.3) is 0 Å². The zero-order valence-electron chi connectivity index (χ0n) is 13.7. The van der Waals surface area contributed by atoms with Crippen LogP contribution in [-0.4, -0.2) is 5.91 Å². The van der Waals surface area contributed by atoms with Crippen molar-refractivity contribution in [3.8, 4) is 0 Å². The van der Waals surface area contributed by atoms with Gasteiger partial charge in [0.2, 0.25) is 0 Å². The summed E-state index contributed by atoms with van der Waals surface area (Å²) >= 11 is 0. The first-order valence-electron chi connectivity index (χ1n) is 7.92. The lowest BCUT2D eigenvalue weighted by Crippen LogP contribution is -2.31. The van der Waals surface area contributed by atoms with E-state index in [1.165, 1.54) is 11.0 Å². The van der Waals surface area contributed by atoms with Gasteiger partial charge in [-0.15, -0.1) is 0 Å². The molecule has 0 fully saturated rings. The summed E-state index contributed by atoms with van der Waals surface area (Å²) in [6.45, 7) is 2.24. The van der Waals surface area contributed by atoms with E-state index in [9.17, 15) is 13.6 Å². The molecule has 1 amide bonds. The number of nitrogens with zero attached hydrogens (tertiary/aromatic N) is 1. The monoisotopic (exact) mass is 337 g/mol. The number of carbonyl (C=O) groups excluding carboxylic acids is 1. The minimum Gasteiger partial charge on any atom is -0.304 e. The molecule has 0 N–H and O–H groups in total. The van der Waals surface area contributed by atoms with Gasteiger partial charge in [0.25, 0.3) is 5.91 Å². The van der Waals surface area contributed by atoms with Crippen LogP contribution in [0.1, 0.15) is 21.5 Å². The summed E-state index contributed by atoms with van der Waals surface area (Å²) in [5, 5.41) is 0. The fourth-order valence-electron chi connectivity index (χ4n) is 2.58. The highest BCUT2D eigenvalue weighted by Crippen LogP contribution is 2.22. The topological polar surface area (TPSA) is 20.3 Å². The van der Waals surface area contributed by atoms with E-state index in [0.717, 1.165) is 23.3 Å². The first-order valence-corrected chi connectivity index (χ1v) is 7.92. The molecule has 0 aliphatic heterocycles. The van der Waals surface area contributed by atoms with Crippen LogP contribution in [0.15, 0.2) is 72.8 Å². The van der Waals surface area contributed by atoms with Gasteiger partial charge in [-0.2, -0.15) is 0 Å². The molecule has 0 radical (unpaired) electrons. The van der Waals surface area contributed by atoms with Gasteiger partial charge in [0, 0.05) is 11.8 Å². The number of amides is 1. The van der Waals surface area contributed by atoms with Crippen LogP contribution >= 0.6 is 0 Å². The molecule has 0 bridgehead atoms. The van der Waals surface area contributed by atoms with Crippen molar-refractivity contribution in [2.24, 2.45) is 0 Å². The molecule has 0 saturated heterocycles. The van der Waals surface area contributed by atoms with E-state index in [2.05, 4.69) is 0 Å². The SMILES string of the molecule is Cc1ccc(N(Cc2ccccc2)C(=O)c2ccc(F)cc2F)cc1. The maximum absolute atomic E-state index is 14.1. The molecule has 3 aromatic rings. The summed E-state index contributed by atoms with van der Waals surface area (Å²) < 4.78 is 27.3. The third-order valence-corrected chi connectivity index (χ3v) is 3.94. The normalized spacial score (nSPS) is 10.5. The number of halogens is 2. The highest BCUT2D eigenvalue weighted by Gasteiger charge is 2.21.